The number of benzene rings is 7. The summed E-state index contributed by atoms with van der Waals surface area (Å²) in [5.41, 5.74) is 18.4. The molecule has 0 saturated carbocycles. The zero-order valence-corrected chi connectivity index (χ0v) is 44.9. The van der Waals surface area contributed by atoms with Crippen molar-refractivity contribution in [2.24, 2.45) is 0 Å². The fourth-order valence-electron chi connectivity index (χ4n) is 9.99. The van der Waals surface area contributed by atoms with Crippen molar-refractivity contribution in [1.82, 2.24) is 0 Å². The van der Waals surface area contributed by atoms with Crippen LogP contribution in [0.1, 0.15) is 100 Å². The van der Waals surface area contributed by atoms with Crippen molar-refractivity contribution in [2.45, 2.75) is 120 Å². The van der Waals surface area contributed by atoms with Gasteiger partial charge in [0.25, 0.3) is 0 Å². The van der Waals surface area contributed by atoms with E-state index in [1.807, 2.05) is 18.2 Å². The summed E-state index contributed by atoms with van der Waals surface area (Å²) < 4.78 is 68.3. The summed E-state index contributed by atoms with van der Waals surface area (Å²) in [6.07, 6.45) is 0. The van der Waals surface area contributed by atoms with E-state index in [1.54, 1.807) is 28.4 Å². The third kappa shape index (κ3) is 15.3. The van der Waals surface area contributed by atoms with Crippen molar-refractivity contribution in [3.8, 4) is 23.0 Å². The van der Waals surface area contributed by atoms with Crippen molar-refractivity contribution < 1.29 is 52.1 Å². The molecule has 11 nitrogen and oxygen atoms in total. The predicted octanol–water partition coefficient (Wildman–Crippen LogP) is 13.3. The van der Waals surface area contributed by atoms with E-state index in [-0.39, 0.29) is 0 Å². The van der Waals surface area contributed by atoms with E-state index >= 15 is 0 Å². The van der Waals surface area contributed by atoms with Crippen LogP contribution in [-0.2, 0) is 126 Å². The molecule has 0 fully saturated rings. The lowest BCUT2D eigenvalue weighted by Crippen LogP contribution is -2.06. The number of hydrogen-bond donors (Lipinski definition) is 0. The van der Waals surface area contributed by atoms with E-state index in [9.17, 15) is 0 Å². The minimum Gasteiger partial charge on any atom is -0.496 e. The molecule has 11 heteroatoms. The van der Waals surface area contributed by atoms with Crippen molar-refractivity contribution >= 4 is 0 Å². The molecule has 7 aromatic rings. The molecule has 0 atom stereocenters. The number of hydrogen-bond acceptors (Lipinski definition) is 11. The average Bonchev–Trinajstić information content (AvgIpc) is 3.39. The fourth-order valence-corrected chi connectivity index (χ4v) is 9.99. The van der Waals surface area contributed by atoms with E-state index in [1.165, 1.54) is 0 Å². The number of rotatable bonds is 4. The molecule has 0 aliphatic carbocycles. The molecular weight excluding hydrogens is 945 g/mol. The lowest BCUT2D eigenvalue weighted by Gasteiger charge is -2.18. The van der Waals surface area contributed by atoms with Crippen LogP contribution in [0.25, 0.3) is 0 Å². The first-order valence-electron chi connectivity index (χ1n) is 25.5. The SMILES string of the molecule is COc1c2cc(C)cc1COCc1cccc(c1)COCc1cc(C)cc(c1OC)COCc1cc(C)cc(c1OC)COCc1cc(C)cc(c1OC)COCc1cccc(c1)COCc1cccc(c1)COC2. The van der Waals surface area contributed by atoms with Gasteiger partial charge in [0.1, 0.15) is 23.0 Å². The van der Waals surface area contributed by atoms with Gasteiger partial charge in [0.15, 0.2) is 0 Å². The van der Waals surface area contributed by atoms with Gasteiger partial charge in [-0.2, -0.15) is 0 Å². The maximum absolute atomic E-state index is 6.42. The molecule has 0 radical (unpaired) electrons. The molecule has 0 N–H and O–H groups in total. The number of methoxy groups -OCH3 is 4. The highest BCUT2D eigenvalue weighted by Gasteiger charge is 2.18. The van der Waals surface area contributed by atoms with Crippen LogP contribution in [0.3, 0.4) is 0 Å². The Bertz CT molecular complexity index is 3000. The number of ether oxygens (including phenoxy) is 11. The first-order chi connectivity index (χ1) is 36.6. The second-order valence-electron chi connectivity index (χ2n) is 19.4. The highest BCUT2D eigenvalue weighted by Crippen LogP contribution is 2.33. The van der Waals surface area contributed by atoms with Crippen molar-refractivity contribution in [3.63, 3.8) is 0 Å². The molecule has 1 heterocycles. The molecule has 394 valence electrons. The zero-order chi connectivity index (χ0) is 52.5. The van der Waals surface area contributed by atoms with Gasteiger partial charge in [-0.15, -0.1) is 0 Å². The number of fused-ring (bicyclic) bond motifs is 14. The summed E-state index contributed by atoms with van der Waals surface area (Å²) in [6, 6.07) is 41.8. The summed E-state index contributed by atoms with van der Waals surface area (Å²) in [4.78, 5) is 0. The topological polar surface area (TPSA) is 102 Å². The van der Waals surface area contributed by atoms with E-state index in [0.29, 0.717) is 92.5 Å². The van der Waals surface area contributed by atoms with E-state index in [2.05, 4.69) is 131 Å². The Hall–Kier alpha value is -6.54. The summed E-state index contributed by atoms with van der Waals surface area (Å²) >= 11 is 0. The molecule has 1 aliphatic rings. The van der Waals surface area contributed by atoms with Gasteiger partial charge in [0, 0.05) is 44.5 Å². The normalized spacial score (nSPS) is 14.9. The lowest BCUT2D eigenvalue weighted by atomic mass is 10.0. The Kier molecular flexibility index (Phi) is 19.9. The Morgan fingerprint density at radius 2 is 0.400 bits per heavy atom. The standard InChI is InChI=1S/C64H72O11/c1-43-18-53-35-70-31-49-14-9-12-47(26-49)29-69-30-48-13-10-15-50(27-48)32-71-37-55-20-44(2)22-57(62(55)66-6)39-74-41-59-24-46(4)25-60(64(59)68-8)42-75-40-58-23-45(3)21-56(63(58)67-7)38-73-34-52-17-11-16-51(28-52)33-72-36-54(19-43)61(53)65-5/h9-28H,29-42H2,1-8H3. The van der Waals surface area contributed by atoms with Gasteiger partial charge < -0.3 is 52.1 Å². The molecule has 1 aliphatic heterocycles. The van der Waals surface area contributed by atoms with Gasteiger partial charge in [-0.1, -0.05) is 144 Å². The zero-order valence-electron chi connectivity index (χ0n) is 44.9. The predicted molar refractivity (Wildman–Crippen MR) is 290 cm³/mol. The van der Waals surface area contributed by atoms with E-state index in [4.69, 9.17) is 52.1 Å². The van der Waals surface area contributed by atoms with Gasteiger partial charge in [-0.05, 0) is 61.1 Å². The highest BCUT2D eigenvalue weighted by molar-refractivity contribution is 5.47. The van der Waals surface area contributed by atoms with Crippen LogP contribution >= 0.6 is 0 Å². The fraction of sp³-hybridized carbons (Fsp3) is 0.344. The molecule has 0 aromatic heterocycles. The molecule has 14 bridgehead atoms. The van der Waals surface area contributed by atoms with E-state index < -0.39 is 0 Å². The van der Waals surface area contributed by atoms with Crippen LogP contribution in [0.5, 0.6) is 23.0 Å². The molecule has 7 aromatic carbocycles. The van der Waals surface area contributed by atoms with Crippen LogP contribution in [0.15, 0.2) is 121 Å². The van der Waals surface area contributed by atoms with E-state index in [0.717, 1.165) is 123 Å². The van der Waals surface area contributed by atoms with Gasteiger partial charge >= 0.3 is 0 Å². The molecule has 0 amide bonds. The van der Waals surface area contributed by atoms with Crippen LogP contribution < -0.4 is 18.9 Å². The minimum atomic E-state index is 0.331. The summed E-state index contributed by atoms with van der Waals surface area (Å²) in [5, 5.41) is 0. The molecule has 0 saturated heterocycles. The van der Waals surface area contributed by atoms with Gasteiger partial charge in [-0.25, -0.2) is 0 Å². The quantitative estimate of drug-likeness (QED) is 0.168. The van der Waals surface area contributed by atoms with Gasteiger partial charge in [0.2, 0.25) is 0 Å². The molecular formula is C64H72O11. The third-order valence-electron chi connectivity index (χ3n) is 13.0. The summed E-state index contributed by atoms with van der Waals surface area (Å²) in [7, 11) is 6.77. The lowest BCUT2D eigenvalue weighted by molar-refractivity contribution is 0.0946. The Morgan fingerprint density at radius 1 is 0.240 bits per heavy atom. The van der Waals surface area contributed by atoms with Crippen molar-refractivity contribution in [1.29, 1.82) is 0 Å². The van der Waals surface area contributed by atoms with Crippen LogP contribution in [0.2, 0.25) is 0 Å². The van der Waals surface area contributed by atoms with Crippen molar-refractivity contribution in [3.05, 3.63) is 221 Å². The Morgan fingerprint density at radius 3 is 0.573 bits per heavy atom. The maximum Gasteiger partial charge on any atom is 0.129 e. The second kappa shape index (κ2) is 27.3. The summed E-state index contributed by atoms with van der Waals surface area (Å²) in [5.74, 6) is 3.02. The molecule has 0 spiro atoms. The monoisotopic (exact) mass is 1020 g/mol. The minimum absolute atomic E-state index is 0.331. The first-order valence-corrected chi connectivity index (χ1v) is 25.5. The average molecular weight is 1020 g/mol. The number of aryl methyl sites for hydroxylation is 4. The second-order valence-corrected chi connectivity index (χ2v) is 19.4. The van der Waals surface area contributed by atoms with Gasteiger partial charge in [-0.3, -0.25) is 0 Å². The Labute approximate surface area is 443 Å². The molecule has 8 rings (SSSR count). The maximum atomic E-state index is 6.42. The first kappa shape index (κ1) is 54.7. The largest absolute Gasteiger partial charge is 0.496 e. The van der Waals surface area contributed by atoms with Crippen LogP contribution in [-0.4, -0.2) is 28.4 Å². The third-order valence-corrected chi connectivity index (χ3v) is 13.0. The smallest absolute Gasteiger partial charge is 0.129 e. The molecule has 75 heavy (non-hydrogen) atoms. The highest BCUT2D eigenvalue weighted by atomic mass is 16.5. The summed E-state index contributed by atoms with van der Waals surface area (Å²) in [6.45, 7) is 13.8. The molecule has 0 unspecified atom stereocenters. The van der Waals surface area contributed by atoms with Crippen LogP contribution in [0.4, 0.5) is 0 Å². The van der Waals surface area contributed by atoms with Crippen molar-refractivity contribution in [2.75, 3.05) is 28.4 Å². The van der Waals surface area contributed by atoms with Crippen LogP contribution in [0, 0.1) is 27.7 Å². The Balaban J connectivity index is 0.997. The van der Waals surface area contributed by atoms with Gasteiger partial charge in [0.05, 0.1) is 121 Å².